The van der Waals surface area contributed by atoms with Crippen molar-refractivity contribution in [1.82, 2.24) is 19.2 Å². The molecule has 0 bridgehead atoms. The molecule has 0 atom stereocenters. The van der Waals surface area contributed by atoms with E-state index in [1.165, 1.54) is 0 Å². The molecule has 1 aromatic carbocycles. The molecule has 0 aliphatic carbocycles. The number of hydrogen-bond donors (Lipinski definition) is 0. The molecular formula is C18H20FN5O3S. The first-order chi connectivity index (χ1) is 13.5. The van der Waals surface area contributed by atoms with E-state index < -0.39 is 21.7 Å². The van der Waals surface area contributed by atoms with Crippen LogP contribution in [-0.4, -0.2) is 72.8 Å². The number of piperazine rings is 1. The van der Waals surface area contributed by atoms with E-state index in [9.17, 15) is 17.6 Å². The zero-order valence-corrected chi connectivity index (χ0v) is 16.0. The number of rotatable bonds is 5. The quantitative estimate of drug-likeness (QED) is 0.733. The summed E-state index contributed by atoms with van der Waals surface area (Å²) in [6, 6.07) is 4.98. The fourth-order valence-electron chi connectivity index (χ4n) is 3.54. The third-order valence-electron chi connectivity index (χ3n) is 5.01. The zero-order valence-electron chi connectivity index (χ0n) is 15.2. The summed E-state index contributed by atoms with van der Waals surface area (Å²) in [7, 11) is -3.89. The van der Waals surface area contributed by atoms with Gasteiger partial charge in [0.1, 0.15) is 10.7 Å². The van der Waals surface area contributed by atoms with Crippen LogP contribution in [0, 0.1) is 5.82 Å². The summed E-state index contributed by atoms with van der Waals surface area (Å²) in [5.74, 6) is -0.564. The second-order valence-electron chi connectivity index (χ2n) is 6.75. The standard InChI is InChI=1S/C18H20FN5O3S/c19-14-3-4-16-15(13-14)17(25)24(28(16,26)27)8-2-7-22-9-11-23(12-10-22)18-20-5-1-6-21-18/h1,3-6,13H,2,7-12H2. The molecule has 10 heteroatoms. The molecular weight excluding hydrogens is 385 g/mol. The highest BCUT2D eigenvalue weighted by atomic mass is 32.2. The van der Waals surface area contributed by atoms with Crippen LogP contribution in [0.15, 0.2) is 41.6 Å². The highest BCUT2D eigenvalue weighted by molar-refractivity contribution is 7.90. The van der Waals surface area contributed by atoms with Gasteiger partial charge in [-0.2, -0.15) is 0 Å². The van der Waals surface area contributed by atoms with Crippen LogP contribution in [0.4, 0.5) is 10.3 Å². The van der Waals surface area contributed by atoms with Crippen LogP contribution in [0.3, 0.4) is 0 Å². The monoisotopic (exact) mass is 405 g/mol. The van der Waals surface area contributed by atoms with Gasteiger partial charge in [0.2, 0.25) is 5.95 Å². The van der Waals surface area contributed by atoms with E-state index in [1.807, 2.05) is 0 Å². The Hall–Kier alpha value is -2.59. The SMILES string of the molecule is O=C1c2cc(F)ccc2S(=O)(=O)N1CCCN1CCN(c2ncccn2)CC1. The Kier molecular flexibility index (Phi) is 4.98. The lowest BCUT2D eigenvalue weighted by Gasteiger charge is -2.34. The summed E-state index contributed by atoms with van der Waals surface area (Å²) in [6.07, 6.45) is 3.95. The van der Waals surface area contributed by atoms with Crippen LogP contribution in [0.25, 0.3) is 0 Å². The molecule has 0 N–H and O–H groups in total. The van der Waals surface area contributed by atoms with E-state index in [1.54, 1.807) is 18.5 Å². The van der Waals surface area contributed by atoms with Gasteiger partial charge in [0.05, 0.1) is 5.56 Å². The summed E-state index contributed by atoms with van der Waals surface area (Å²) in [6.45, 7) is 3.95. The lowest BCUT2D eigenvalue weighted by atomic mass is 10.2. The molecule has 0 saturated carbocycles. The van der Waals surface area contributed by atoms with E-state index >= 15 is 0 Å². The van der Waals surface area contributed by atoms with Gasteiger partial charge >= 0.3 is 0 Å². The van der Waals surface area contributed by atoms with Crippen molar-refractivity contribution in [3.05, 3.63) is 48.0 Å². The van der Waals surface area contributed by atoms with Gasteiger partial charge in [-0.1, -0.05) is 0 Å². The predicted molar refractivity (Wildman–Crippen MR) is 99.9 cm³/mol. The number of nitrogens with zero attached hydrogens (tertiary/aromatic N) is 5. The van der Waals surface area contributed by atoms with Crippen LogP contribution in [0.1, 0.15) is 16.8 Å². The number of hydrogen-bond acceptors (Lipinski definition) is 7. The van der Waals surface area contributed by atoms with Gasteiger partial charge in [-0.05, 0) is 30.7 Å². The normalized spacial score (nSPS) is 19.1. The maximum atomic E-state index is 13.4. The third kappa shape index (κ3) is 3.45. The van der Waals surface area contributed by atoms with Gasteiger partial charge in [-0.25, -0.2) is 27.1 Å². The molecule has 0 spiro atoms. The van der Waals surface area contributed by atoms with Gasteiger partial charge < -0.3 is 4.90 Å². The summed E-state index contributed by atoms with van der Waals surface area (Å²) < 4.78 is 39.3. The number of fused-ring (bicyclic) bond motifs is 1. The minimum absolute atomic E-state index is 0.0828. The van der Waals surface area contributed by atoms with Crippen molar-refractivity contribution < 1.29 is 17.6 Å². The number of carbonyl (C=O) groups excluding carboxylic acids is 1. The van der Waals surface area contributed by atoms with Gasteiger partial charge in [0, 0.05) is 51.7 Å². The first-order valence-corrected chi connectivity index (χ1v) is 10.5. The van der Waals surface area contributed by atoms with Crippen LogP contribution in [0.5, 0.6) is 0 Å². The van der Waals surface area contributed by atoms with E-state index in [2.05, 4.69) is 19.8 Å². The molecule has 0 radical (unpaired) electrons. The van der Waals surface area contributed by atoms with Gasteiger partial charge in [-0.3, -0.25) is 9.69 Å². The first-order valence-electron chi connectivity index (χ1n) is 9.08. The molecule has 1 amide bonds. The van der Waals surface area contributed by atoms with E-state index in [-0.39, 0.29) is 17.0 Å². The fourth-order valence-corrected chi connectivity index (χ4v) is 5.13. The number of sulfonamides is 1. The Morgan fingerprint density at radius 2 is 1.75 bits per heavy atom. The molecule has 148 valence electrons. The van der Waals surface area contributed by atoms with Crippen molar-refractivity contribution in [2.45, 2.75) is 11.3 Å². The maximum Gasteiger partial charge on any atom is 0.269 e. The zero-order chi connectivity index (χ0) is 19.7. The average Bonchev–Trinajstić information content (AvgIpc) is 2.89. The van der Waals surface area contributed by atoms with Crippen LogP contribution < -0.4 is 4.90 Å². The minimum Gasteiger partial charge on any atom is -0.338 e. The Morgan fingerprint density at radius 3 is 2.46 bits per heavy atom. The number of halogens is 1. The Labute approximate surface area is 162 Å². The second-order valence-corrected chi connectivity index (χ2v) is 8.58. The molecule has 28 heavy (non-hydrogen) atoms. The lowest BCUT2D eigenvalue weighted by Crippen LogP contribution is -2.47. The van der Waals surface area contributed by atoms with Gasteiger partial charge in [0.25, 0.3) is 15.9 Å². The topological polar surface area (TPSA) is 86.7 Å². The van der Waals surface area contributed by atoms with Crippen LogP contribution in [-0.2, 0) is 10.0 Å². The van der Waals surface area contributed by atoms with Crippen LogP contribution >= 0.6 is 0 Å². The minimum atomic E-state index is -3.89. The average molecular weight is 405 g/mol. The Balaban J connectivity index is 1.31. The van der Waals surface area contributed by atoms with Crippen LogP contribution in [0.2, 0.25) is 0 Å². The number of carbonyl (C=O) groups is 1. The van der Waals surface area contributed by atoms with Crippen molar-refractivity contribution in [3.63, 3.8) is 0 Å². The van der Waals surface area contributed by atoms with Crippen molar-refractivity contribution in [2.24, 2.45) is 0 Å². The predicted octanol–water partition coefficient (Wildman–Crippen LogP) is 0.972. The third-order valence-corrected chi connectivity index (χ3v) is 6.85. The van der Waals surface area contributed by atoms with E-state index in [0.717, 1.165) is 48.7 Å². The number of benzene rings is 1. The van der Waals surface area contributed by atoms with Crippen molar-refractivity contribution in [1.29, 1.82) is 0 Å². The molecule has 4 rings (SSSR count). The van der Waals surface area contributed by atoms with Crippen molar-refractivity contribution in [2.75, 3.05) is 44.2 Å². The first kappa shape index (κ1) is 18.8. The Bertz CT molecular complexity index is 978. The Morgan fingerprint density at radius 1 is 1.04 bits per heavy atom. The molecule has 8 nitrogen and oxygen atoms in total. The number of aromatic nitrogens is 2. The molecule has 3 heterocycles. The summed E-state index contributed by atoms with van der Waals surface area (Å²) >= 11 is 0. The fraction of sp³-hybridized carbons (Fsp3) is 0.389. The van der Waals surface area contributed by atoms with Crippen molar-refractivity contribution in [3.8, 4) is 0 Å². The summed E-state index contributed by atoms with van der Waals surface area (Å²) in [4.78, 5) is 25.1. The smallest absolute Gasteiger partial charge is 0.269 e. The molecule has 2 aliphatic heterocycles. The van der Waals surface area contributed by atoms with Crippen molar-refractivity contribution >= 4 is 21.9 Å². The molecule has 0 unspecified atom stereocenters. The molecule has 1 fully saturated rings. The maximum absolute atomic E-state index is 13.4. The van der Waals surface area contributed by atoms with E-state index in [0.29, 0.717) is 18.9 Å². The molecule has 2 aromatic rings. The second kappa shape index (κ2) is 7.44. The lowest BCUT2D eigenvalue weighted by molar-refractivity contribution is 0.0866. The number of amides is 1. The molecule has 1 saturated heterocycles. The number of anilines is 1. The molecule has 2 aliphatic rings. The summed E-state index contributed by atoms with van der Waals surface area (Å²) in [5.41, 5.74) is -0.0866. The van der Waals surface area contributed by atoms with Gasteiger partial charge in [-0.15, -0.1) is 0 Å². The van der Waals surface area contributed by atoms with E-state index in [4.69, 9.17) is 0 Å². The molecule has 1 aromatic heterocycles. The highest BCUT2D eigenvalue weighted by Crippen LogP contribution is 2.30. The van der Waals surface area contributed by atoms with Gasteiger partial charge in [0.15, 0.2) is 0 Å². The highest BCUT2D eigenvalue weighted by Gasteiger charge is 2.41. The summed E-state index contributed by atoms with van der Waals surface area (Å²) in [5, 5.41) is 0. The largest absolute Gasteiger partial charge is 0.338 e.